The van der Waals surface area contributed by atoms with Crippen LogP contribution in [0.1, 0.15) is 46.0 Å². The summed E-state index contributed by atoms with van der Waals surface area (Å²) in [6.45, 7) is 3.16. The number of amides is 3. The van der Waals surface area contributed by atoms with E-state index < -0.39 is 17.5 Å². The minimum Gasteiger partial charge on any atom is -0.462 e. The van der Waals surface area contributed by atoms with Gasteiger partial charge >= 0.3 is 12.0 Å². The fourth-order valence-electron chi connectivity index (χ4n) is 2.74. The van der Waals surface area contributed by atoms with E-state index in [4.69, 9.17) is 4.74 Å². The van der Waals surface area contributed by atoms with Crippen LogP contribution in [-0.4, -0.2) is 41.0 Å². The summed E-state index contributed by atoms with van der Waals surface area (Å²) in [6.07, 6.45) is 4.00. The lowest BCUT2D eigenvalue weighted by molar-refractivity contribution is -0.151. The molecule has 6 heteroatoms. The highest BCUT2D eigenvalue weighted by Gasteiger charge is 2.51. The largest absolute Gasteiger partial charge is 0.462 e. The van der Waals surface area contributed by atoms with Gasteiger partial charge in [0.05, 0.1) is 6.10 Å². The van der Waals surface area contributed by atoms with E-state index >= 15 is 0 Å². The van der Waals surface area contributed by atoms with Crippen molar-refractivity contribution in [1.82, 2.24) is 10.2 Å². The van der Waals surface area contributed by atoms with Gasteiger partial charge in [-0.15, -0.1) is 0 Å². The highest BCUT2D eigenvalue weighted by molar-refractivity contribution is 6.08. The highest BCUT2D eigenvalue weighted by Crippen LogP contribution is 2.33. The van der Waals surface area contributed by atoms with E-state index in [0.29, 0.717) is 12.8 Å². The van der Waals surface area contributed by atoms with Gasteiger partial charge in [-0.25, -0.2) is 4.79 Å². The number of nitrogens with zero attached hydrogens (tertiary/aromatic N) is 1. The molecular formula is C13H20N2O4. The van der Waals surface area contributed by atoms with Crippen LogP contribution in [0.3, 0.4) is 0 Å². The summed E-state index contributed by atoms with van der Waals surface area (Å²) >= 11 is 0. The molecule has 0 atom stereocenters. The summed E-state index contributed by atoms with van der Waals surface area (Å²) in [7, 11) is 0. The van der Waals surface area contributed by atoms with Gasteiger partial charge in [-0.05, 0) is 26.7 Å². The van der Waals surface area contributed by atoms with Crippen LogP contribution in [0.4, 0.5) is 4.79 Å². The van der Waals surface area contributed by atoms with Gasteiger partial charge in [0.25, 0.3) is 5.91 Å². The third-order valence-electron chi connectivity index (χ3n) is 3.61. The van der Waals surface area contributed by atoms with Crippen molar-refractivity contribution >= 4 is 17.9 Å². The number of carbonyl (C=O) groups is 3. The molecule has 0 aromatic carbocycles. The van der Waals surface area contributed by atoms with Crippen LogP contribution in [-0.2, 0) is 14.3 Å². The lowest BCUT2D eigenvalue weighted by atomic mass is 9.82. The third kappa shape index (κ3) is 2.72. The fraction of sp³-hybridized carbons (Fsp3) is 0.769. The van der Waals surface area contributed by atoms with Crippen LogP contribution in [0.15, 0.2) is 0 Å². The summed E-state index contributed by atoms with van der Waals surface area (Å²) in [5, 5.41) is 2.76. The van der Waals surface area contributed by atoms with Gasteiger partial charge in [-0.3, -0.25) is 14.5 Å². The number of imide groups is 1. The van der Waals surface area contributed by atoms with Crippen LogP contribution in [0.25, 0.3) is 0 Å². The van der Waals surface area contributed by atoms with Crippen molar-refractivity contribution in [2.45, 2.75) is 57.6 Å². The van der Waals surface area contributed by atoms with Crippen molar-refractivity contribution in [3.05, 3.63) is 0 Å². The van der Waals surface area contributed by atoms with Crippen molar-refractivity contribution in [2.75, 3.05) is 6.54 Å². The van der Waals surface area contributed by atoms with Gasteiger partial charge < -0.3 is 10.1 Å². The van der Waals surface area contributed by atoms with Gasteiger partial charge in [-0.1, -0.05) is 19.3 Å². The molecule has 6 nitrogen and oxygen atoms in total. The molecule has 0 aromatic rings. The number of hydrogen-bond acceptors (Lipinski definition) is 4. The first kappa shape index (κ1) is 13.8. The number of hydrogen-bond donors (Lipinski definition) is 1. The molecule has 19 heavy (non-hydrogen) atoms. The standard InChI is InChI=1S/C13H20N2O4/c1-9(2)19-10(16)8-15-11(17)13(14-12(15)18)6-4-3-5-7-13/h9H,3-8H2,1-2H3,(H,14,18). The summed E-state index contributed by atoms with van der Waals surface area (Å²) < 4.78 is 4.97. The van der Waals surface area contributed by atoms with E-state index in [1.54, 1.807) is 13.8 Å². The number of nitrogens with one attached hydrogen (secondary N) is 1. The molecule has 2 fully saturated rings. The second-order valence-corrected chi connectivity index (χ2v) is 5.50. The summed E-state index contributed by atoms with van der Waals surface area (Å²) in [6, 6.07) is -0.479. The minimum atomic E-state index is -0.770. The predicted octanol–water partition coefficient (Wildman–Crippen LogP) is 1.19. The molecule has 1 N–H and O–H groups in total. The average molecular weight is 268 g/mol. The number of ether oxygens (including phenoxy) is 1. The molecule has 2 rings (SSSR count). The van der Waals surface area contributed by atoms with Gasteiger partial charge in [0.1, 0.15) is 12.1 Å². The smallest absolute Gasteiger partial charge is 0.326 e. The molecule has 0 aromatic heterocycles. The fourth-order valence-corrected chi connectivity index (χ4v) is 2.74. The molecule has 1 aliphatic heterocycles. The first-order chi connectivity index (χ1) is 8.94. The summed E-state index contributed by atoms with van der Waals surface area (Å²) in [4.78, 5) is 36.8. The Kier molecular flexibility index (Phi) is 3.78. The second-order valence-electron chi connectivity index (χ2n) is 5.50. The van der Waals surface area contributed by atoms with Crippen molar-refractivity contribution in [1.29, 1.82) is 0 Å². The van der Waals surface area contributed by atoms with Crippen LogP contribution >= 0.6 is 0 Å². The molecule has 0 bridgehead atoms. The summed E-state index contributed by atoms with van der Waals surface area (Å²) in [5.74, 6) is -0.829. The lowest BCUT2D eigenvalue weighted by Gasteiger charge is -2.30. The average Bonchev–Trinajstić information content (AvgIpc) is 2.54. The monoisotopic (exact) mass is 268 g/mol. The molecule has 1 heterocycles. The molecule has 2 aliphatic rings. The molecule has 3 amide bonds. The topological polar surface area (TPSA) is 75.7 Å². The van der Waals surface area contributed by atoms with E-state index in [1.165, 1.54) is 0 Å². The maximum Gasteiger partial charge on any atom is 0.326 e. The zero-order chi connectivity index (χ0) is 14.0. The van der Waals surface area contributed by atoms with Crippen molar-refractivity contribution in [2.24, 2.45) is 0 Å². The first-order valence-corrected chi connectivity index (χ1v) is 6.78. The molecular weight excluding hydrogens is 248 g/mol. The number of rotatable bonds is 3. The van der Waals surface area contributed by atoms with Crippen LogP contribution < -0.4 is 5.32 Å². The second kappa shape index (κ2) is 5.19. The van der Waals surface area contributed by atoms with E-state index in [0.717, 1.165) is 24.2 Å². The van der Waals surface area contributed by atoms with Crippen LogP contribution in [0.5, 0.6) is 0 Å². The molecule has 1 saturated heterocycles. The molecule has 106 valence electrons. The van der Waals surface area contributed by atoms with Crippen molar-refractivity contribution < 1.29 is 19.1 Å². The predicted molar refractivity (Wildman–Crippen MR) is 67.3 cm³/mol. The SMILES string of the molecule is CC(C)OC(=O)CN1C(=O)NC2(CCCCC2)C1=O. The Morgan fingerprint density at radius 3 is 2.53 bits per heavy atom. The zero-order valence-electron chi connectivity index (χ0n) is 11.4. The Morgan fingerprint density at radius 2 is 1.95 bits per heavy atom. The van der Waals surface area contributed by atoms with Gasteiger partial charge in [0.15, 0.2) is 0 Å². The van der Waals surface area contributed by atoms with Gasteiger partial charge in [-0.2, -0.15) is 0 Å². The quantitative estimate of drug-likeness (QED) is 0.616. The Bertz CT molecular complexity index is 399. The molecule has 1 saturated carbocycles. The van der Waals surface area contributed by atoms with Gasteiger partial charge in [0, 0.05) is 0 Å². The normalized spacial score (nSPS) is 21.9. The first-order valence-electron chi connectivity index (χ1n) is 6.78. The Hall–Kier alpha value is -1.59. The number of carbonyl (C=O) groups excluding carboxylic acids is 3. The van der Waals surface area contributed by atoms with E-state index in [1.807, 2.05) is 0 Å². The number of esters is 1. The Labute approximate surface area is 112 Å². The van der Waals surface area contributed by atoms with Crippen molar-refractivity contribution in [3.8, 4) is 0 Å². The molecule has 0 unspecified atom stereocenters. The molecule has 1 aliphatic carbocycles. The third-order valence-corrected chi connectivity index (χ3v) is 3.61. The van der Waals surface area contributed by atoms with Crippen LogP contribution in [0, 0.1) is 0 Å². The maximum absolute atomic E-state index is 12.3. The highest BCUT2D eigenvalue weighted by atomic mass is 16.5. The van der Waals surface area contributed by atoms with Crippen LogP contribution in [0.2, 0.25) is 0 Å². The van der Waals surface area contributed by atoms with E-state index in [-0.39, 0.29) is 18.6 Å². The van der Waals surface area contributed by atoms with E-state index in [9.17, 15) is 14.4 Å². The molecule has 1 spiro atoms. The molecule has 0 radical (unpaired) electrons. The lowest BCUT2D eigenvalue weighted by Crippen LogP contribution is -2.48. The Balaban J connectivity index is 2.04. The van der Waals surface area contributed by atoms with Gasteiger partial charge in [0.2, 0.25) is 0 Å². The minimum absolute atomic E-state index is 0.253. The number of urea groups is 1. The Morgan fingerprint density at radius 1 is 1.32 bits per heavy atom. The van der Waals surface area contributed by atoms with Crippen molar-refractivity contribution in [3.63, 3.8) is 0 Å². The zero-order valence-corrected chi connectivity index (χ0v) is 11.4. The summed E-state index contributed by atoms with van der Waals surface area (Å²) in [5.41, 5.74) is -0.770. The maximum atomic E-state index is 12.3. The van der Waals surface area contributed by atoms with E-state index in [2.05, 4.69) is 5.32 Å².